The lowest BCUT2D eigenvalue weighted by molar-refractivity contribution is -0.136. The minimum absolute atomic E-state index is 0.0494. The molecule has 1 fully saturated rings. The largest absolute Gasteiger partial charge is 0.348 e. The molecule has 2 aromatic carbocycles. The van der Waals surface area contributed by atoms with Crippen molar-refractivity contribution in [2.24, 2.45) is 0 Å². The minimum Gasteiger partial charge on any atom is -0.348 e. The number of rotatable bonds is 5. The van der Waals surface area contributed by atoms with Gasteiger partial charge < -0.3 is 5.32 Å². The van der Waals surface area contributed by atoms with Crippen LogP contribution in [0.25, 0.3) is 0 Å². The van der Waals surface area contributed by atoms with Crippen LogP contribution in [0, 0.1) is 0 Å². The summed E-state index contributed by atoms with van der Waals surface area (Å²) in [6.07, 6.45) is 1.78. The lowest BCUT2D eigenvalue weighted by atomic mass is 10.0. The van der Waals surface area contributed by atoms with E-state index in [1.54, 1.807) is 36.6 Å². The molecule has 1 saturated heterocycles. The van der Waals surface area contributed by atoms with Crippen LogP contribution >= 0.6 is 42.4 Å². The molecule has 0 radical (unpaired) electrons. The molecule has 0 spiro atoms. The summed E-state index contributed by atoms with van der Waals surface area (Å²) in [5, 5.41) is 4.92. The maximum atomic E-state index is 12.9. The molecule has 12 heteroatoms. The van der Waals surface area contributed by atoms with Crippen LogP contribution in [-0.4, -0.2) is 50.9 Å². The van der Waals surface area contributed by atoms with Crippen molar-refractivity contribution in [2.45, 2.75) is 30.3 Å². The van der Waals surface area contributed by atoms with Crippen molar-refractivity contribution in [2.75, 3.05) is 6.26 Å². The van der Waals surface area contributed by atoms with Crippen molar-refractivity contribution in [3.63, 3.8) is 0 Å². The Bertz CT molecular complexity index is 1320. The smallest absolute Gasteiger partial charge is 0.262 e. The molecular weight excluding hydrogens is 688 g/mol. The highest BCUT2D eigenvalue weighted by Gasteiger charge is 2.44. The lowest BCUT2D eigenvalue weighted by Crippen LogP contribution is -2.54. The fourth-order valence-electron chi connectivity index (χ4n) is 3.81. The fraction of sp³-hybridized carbons (Fsp3) is 0.227. The second-order valence-corrected chi connectivity index (χ2v) is 28.6. The molecule has 5 amide bonds. The molecule has 0 bridgehead atoms. The summed E-state index contributed by atoms with van der Waals surface area (Å²) in [6.45, 7) is 0.111. The van der Waals surface area contributed by atoms with E-state index in [1.165, 1.54) is 12.1 Å². The third kappa shape index (κ3) is 4.93. The predicted octanol–water partition coefficient (Wildman–Crippen LogP) is 2.53. The summed E-state index contributed by atoms with van der Waals surface area (Å²) >= 11 is 3.82. The van der Waals surface area contributed by atoms with E-state index in [2.05, 4.69) is 10.6 Å². The first-order valence-corrected chi connectivity index (χ1v) is 17.6. The van der Waals surface area contributed by atoms with Crippen LogP contribution < -0.4 is 10.6 Å². The van der Waals surface area contributed by atoms with E-state index in [1.807, 2.05) is 42.4 Å². The van der Waals surface area contributed by atoms with E-state index < -0.39 is 33.1 Å². The standard InChI is InChI=1S/C22H19I2N3O6S/c1-34(23,24,33)14-5-3-13(4-6-14)19(29)25-11-12-2-7-15-16(10-12)22(32)27(21(15)31)17-8-9-18(28)26-20(17)30/h2-7,10,17H,8-9,11H2,1H3,(H,25,29)(H,26,28,30). The van der Waals surface area contributed by atoms with E-state index in [0.29, 0.717) is 16.0 Å². The van der Waals surface area contributed by atoms with Crippen molar-refractivity contribution >= 4 is 75.4 Å². The molecule has 1 unspecified atom stereocenters. The van der Waals surface area contributed by atoms with Gasteiger partial charge in [0.15, 0.2) is 0 Å². The summed E-state index contributed by atoms with van der Waals surface area (Å²) in [7, 11) is 0. The number of nitrogens with one attached hydrogen (secondary N) is 2. The Morgan fingerprint density at radius 3 is 2.32 bits per heavy atom. The number of benzene rings is 2. The highest BCUT2D eigenvalue weighted by Crippen LogP contribution is 2.47. The summed E-state index contributed by atoms with van der Waals surface area (Å²) in [4.78, 5) is 63.3. The quantitative estimate of drug-likeness (QED) is 0.280. The third-order valence-electron chi connectivity index (χ3n) is 5.58. The molecular formula is C22H19I2N3O6S. The van der Waals surface area contributed by atoms with Crippen molar-refractivity contribution in [3.05, 3.63) is 64.7 Å². The molecule has 2 heterocycles. The molecule has 0 saturated carbocycles. The first-order chi connectivity index (χ1) is 15.8. The first kappa shape index (κ1) is 24.9. The summed E-state index contributed by atoms with van der Waals surface area (Å²) < 4.78 is 9.69. The number of halogens is 2. The molecule has 34 heavy (non-hydrogen) atoms. The first-order valence-electron chi connectivity index (χ1n) is 10.1. The van der Waals surface area contributed by atoms with Crippen LogP contribution in [0.3, 0.4) is 0 Å². The highest BCUT2D eigenvalue weighted by molar-refractivity contribution is 14.3. The molecule has 0 aromatic heterocycles. The second-order valence-electron chi connectivity index (χ2n) is 8.14. The van der Waals surface area contributed by atoms with E-state index >= 15 is 0 Å². The van der Waals surface area contributed by atoms with Crippen LogP contribution in [0.15, 0.2) is 47.4 Å². The molecule has 2 aliphatic heterocycles. The Hall–Kier alpha value is -2.20. The van der Waals surface area contributed by atoms with Gasteiger partial charge in [-0.1, -0.05) is 6.07 Å². The second kappa shape index (κ2) is 8.78. The van der Waals surface area contributed by atoms with Gasteiger partial charge in [-0.3, -0.25) is 38.4 Å². The number of carbonyl (C=O) groups is 5. The molecule has 0 aliphatic carbocycles. The van der Waals surface area contributed by atoms with E-state index in [9.17, 15) is 28.2 Å². The van der Waals surface area contributed by atoms with Gasteiger partial charge >= 0.3 is 0 Å². The topological polar surface area (TPSA) is 130 Å². The van der Waals surface area contributed by atoms with Crippen molar-refractivity contribution in [1.29, 1.82) is 0 Å². The zero-order chi connectivity index (χ0) is 24.9. The monoisotopic (exact) mass is 707 g/mol. The van der Waals surface area contributed by atoms with Gasteiger partial charge in [-0.15, -0.1) is 0 Å². The van der Waals surface area contributed by atoms with Crippen LogP contribution in [0.4, 0.5) is 0 Å². The van der Waals surface area contributed by atoms with Gasteiger partial charge in [0.25, 0.3) is 17.7 Å². The number of carbonyl (C=O) groups excluding carboxylic acids is 5. The van der Waals surface area contributed by atoms with Crippen LogP contribution in [0.2, 0.25) is 0 Å². The highest BCUT2D eigenvalue weighted by atomic mass is 127. The maximum absolute atomic E-state index is 12.9. The zero-order valence-corrected chi connectivity index (χ0v) is 22.9. The number of hydrogen-bond acceptors (Lipinski definition) is 6. The van der Waals surface area contributed by atoms with Crippen LogP contribution in [-0.2, 0) is 19.5 Å². The van der Waals surface area contributed by atoms with E-state index in [4.69, 9.17) is 0 Å². The Labute approximate surface area is 219 Å². The van der Waals surface area contributed by atoms with Gasteiger partial charge in [0.05, 0.1) is 11.1 Å². The van der Waals surface area contributed by atoms with E-state index in [0.717, 1.165) is 4.90 Å². The number of piperidine rings is 1. The number of hydrogen-bond donors (Lipinski definition) is 2. The third-order valence-corrected chi connectivity index (χ3v) is 9.93. The maximum Gasteiger partial charge on any atom is 0.262 e. The molecule has 2 aromatic rings. The average molecular weight is 707 g/mol. The van der Waals surface area contributed by atoms with Crippen molar-refractivity contribution < 1.29 is 28.2 Å². The van der Waals surface area contributed by atoms with Crippen molar-refractivity contribution in [1.82, 2.24) is 15.5 Å². The van der Waals surface area contributed by atoms with Crippen molar-refractivity contribution in [3.8, 4) is 0 Å². The lowest BCUT2D eigenvalue weighted by Gasteiger charge is -2.27. The summed E-state index contributed by atoms with van der Waals surface area (Å²) in [5.41, 5.74) is 1.32. The van der Waals surface area contributed by atoms with Gasteiger partial charge in [-0.05, 0) is 48.4 Å². The molecule has 178 valence electrons. The number of nitrogens with zero attached hydrogens (tertiary/aromatic N) is 1. The number of amides is 5. The van der Waals surface area contributed by atoms with Gasteiger partial charge in [-0.25, -0.2) is 0 Å². The van der Waals surface area contributed by atoms with Gasteiger partial charge in [0, 0.05) is 75.5 Å². The Morgan fingerprint density at radius 1 is 1.06 bits per heavy atom. The fourth-order valence-corrected chi connectivity index (χ4v) is 6.30. The Morgan fingerprint density at radius 2 is 1.71 bits per heavy atom. The molecule has 9 nitrogen and oxygen atoms in total. The molecule has 2 N–H and O–H groups in total. The number of fused-ring (bicyclic) bond motifs is 1. The molecule has 1 atom stereocenters. The Kier molecular flexibility index (Phi) is 6.44. The van der Waals surface area contributed by atoms with E-state index in [-0.39, 0.29) is 36.4 Å². The summed E-state index contributed by atoms with van der Waals surface area (Å²) in [6, 6.07) is 10.1. The average Bonchev–Trinajstić information content (AvgIpc) is 3.01. The molecule has 2 aliphatic rings. The van der Waals surface area contributed by atoms with Crippen LogP contribution in [0.1, 0.15) is 49.5 Å². The van der Waals surface area contributed by atoms with Gasteiger partial charge in [-0.2, -0.15) is 0 Å². The van der Waals surface area contributed by atoms with Gasteiger partial charge in [0.2, 0.25) is 11.8 Å². The van der Waals surface area contributed by atoms with Crippen LogP contribution in [0.5, 0.6) is 0 Å². The number of imide groups is 2. The summed E-state index contributed by atoms with van der Waals surface area (Å²) in [5.74, 6) is -2.63. The Balaban J connectivity index is 1.46. The predicted molar refractivity (Wildman–Crippen MR) is 141 cm³/mol. The normalized spacial score (nSPS) is 19.3. The zero-order valence-electron chi connectivity index (χ0n) is 17.8. The van der Waals surface area contributed by atoms with Gasteiger partial charge in [0.1, 0.15) is 6.04 Å². The minimum atomic E-state index is -2.97. The molecule has 4 rings (SSSR count). The SMILES string of the molecule is CS(=O)(I)(I)c1ccc(C(=O)NCc2ccc3c(c2)C(=O)N(C2CCC(=O)NC2=O)C3=O)cc1.